The van der Waals surface area contributed by atoms with Gasteiger partial charge >= 0.3 is 11.8 Å². The highest BCUT2D eigenvalue weighted by Gasteiger charge is 2.14. The van der Waals surface area contributed by atoms with E-state index in [1.54, 1.807) is 6.07 Å². The third-order valence-corrected chi connectivity index (χ3v) is 5.05. The van der Waals surface area contributed by atoms with Crippen molar-refractivity contribution in [3.05, 3.63) is 28.2 Å². The number of aryl methyl sites for hydroxylation is 1. The molecular weight excluding hydrogens is 392 g/mol. The second-order valence-corrected chi connectivity index (χ2v) is 7.73. The molecule has 146 valence electrons. The molecule has 0 atom stereocenters. The van der Waals surface area contributed by atoms with Crippen LogP contribution < -0.4 is 10.6 Å². The molecule has 0 unspecified atom stereocenters. The maximum Gasteiger partial charge on any atom is 0.313 e. The molecule has 0 heterocycles. The molecule has 0 aromatic heterocycles. The van der Waals surface area contributed by atoms with Crippen LogP contribution in [0.15, 0.2) is 22.7 Å². The van der Waals surface area contributed by atoms with Gasteiger partial charge in [-0.1, -0.05) is 70.8 Å². The molecule has 1 aromatic carbocycles. The molecule has 0 aliphatic heterocycles. The summed E-state index contributed by atoms with van der Waals surface area (Å²) in [6.07, 6.45) is 12.5. The lowest BCUT2D eigenvalue weighted by molar-refractivity contribution is -0.136. The van der Waals surface area contributed by atoms with Crippen molar-refractivity contribution in [3.8, 4) is 0 Å². The summed E-state index contributed by atoms with van der Waals surface area (Å²) in [6.45, 7) is 4.76. The van der Waals surface area contributed by atoms with E-state index >= 15 is 0 Å². The first-order chi connectivity index (χ1) is 12.5. The summed E-state index contributed by atoms with van der Waals surface area (Å²) < 4.78 is 0.772. The Labute approximate surface area is 166 Å². The van der Waals surface area contributed by atoms with E-state index in [0.717, 1.165) is 22.9 Å². The summed E-state index contributed by atoms with van der Waals surface area (Å²) in [5, 5.41) is 5.32. The van der Waals surface area contributed by atoms with E-state index in [4.69, 9.17) is 0 Å². The number of unbranched alkanes of at least 4 members (excludes halogenated alkanes) is 9. The first kappa shape index (κ1) is 22.7. The largest absolute Gasteiger partial charge is 0.348 e. The summed E-state index contributed by atoms with van der Waals surface area (Å²) in [4.78, 5) is 23.8. The molecule has 2 amide bonds. The van der Waals surface area contributed by atoms with Crippen molar-refractivity contribution < 1.29 is 9.59 Å². The SMILES string of the molecule is CCCCCCCCCCCCNC(=O)C(=O)Nc1ccc(C)cc1Br. The zero-order valence-electron chi connectivity index (χ0n) is 16.2. The van der Waals surface area contributed by atoms with Gasteiger partial charge in [-0.2, -0.15) is 0 Å². The number of rotatable bonds is 12. The molecule has 26 heavy (non-hydrogen) atoms. The Kier molecular flexibility index (Phi) is 12.0. The Hall–Kier alpha value is -1.36. The van der Waals surface area contributed by atoms with Crippen molar-refractivity contribution in [2.45, 2.75) is 78.1 Å². The van der Waals surface area contributed by atoms with E-state index in [0.29, 0.717) is 12.2 Å². The van der Waals surface area contributed by atoms with Crippen LogP contribution in [0.2, 0.25) is 0 Å². The molecule has 1 rings (SSSR count). The van der Waals surface area contributed by atoms with E-state index in [1.165, 1.54) is 51.4 Å². The first-order valence-corrected chi connectivity index (χ1v) is 10.7. The Morgan fingerprint density at radius 3 is 2.04 bits per heavy atom. The number of benzene rings is 1. The molecule has 0 aliphatic rings. The maximum absolute atomic E-state index is 11.9. The topological polar surface area (TPSA) is 58.2 Å². The van der Waals surface area contributed by atoms with Crippen LogP contribution >= 0.6 is 15.9 Å². The molecule has 1 aromatic rings. The quantitative estimate of drug-likeness (QED) is 0.332. The second kappa shape index (κ2) is 13.8. The van der Waals surface area contributed by atoms with Gasteiger partial charge in [0.15, 0.2) is 0 Å². The fourth-order valence-corrected chi connectivity index (χ4v) is 3.39. The molecule has 2 N–H and O–H groups in total. The lowest BCUT2D eigenvalue weighted by atomic mass is 10.1. The summed E-state index contributed by atoms with van der Waals surface area (Å²) in [7, 11) is 0. The number of anilines is 1. The van der Waals surface area contributed by atoms with Gasteiger partial charge in [-0.05, 0) is 47.0 Å². The lowest BCUT2D eigenvalue weighted by Crippen LogP contribution is -2.36. The van der Waals surface area contributed by atoms with Crippen molar-refractivity contribution in [1.29, 1.82) is 0 Å². The van der Waals surface area contributed by atoms with Gasteiger partial charge in [0, 0.05) is 11.0 Å². The van der Waals surface area contributed by atoms with Gasteiger partial charge in [0.1, 0.15) is 0 Å². The Morgan fingerprint density at radius 1 is 0.885 bits per heavy atom. The summed E-state index contributed by atoms with van der Waals surface area (Å²) >= 11 is 3.39. The van der Waals surface area contributed by atoms with Crippen molar-refractivity contribution in [2.75, 3.05) is 11.9 Å². The molecule has 0 aliphatic carbocycles. The molecular formula is C21H33BrN2O2. The Bertz CT molecular complexity index is 561. The molecule has 0 saturated heterocycles. The van der Waals surface area contributed by atoms with Gasteiger partial charge in [0.2, 0.25) is 0 Å². The van der Waals surface area contributed by atoms with E-state index in [1.807, 2.05) is 19.1 Å². The van der Waals surface area contributed by atoms with Crippen molar-refractivity contribution in [1.82, 2.24) is 5.32 Å². The highest BCUT2D eigenvalue weighted by atomic mass is 79.9. The number of carbonyl (C=O) groups is 2. The smallest absolute Gasteiger partial charge is 0.313 e. The molecule has 0 bridgehead atoms. The zero-order valence-corrected chi connectivity index (χ0v) is 17.8. The normalized spacial score (nSPS) is 10.6. The average Bonchev–Trinajstić information content (AvgIpc) is 2.61. The highest BCUT2D eigenvalue weighted by Crippen LogP contribution is 2.23. The fourth-order valence-electron chi connectivity index (χ4n) is 2.80. The highest BCUT2D eigenvalue weighted by molar-refractivity contribution is 9.10. The van der Waals surface area contributed by atoms with Crippen LogP contribution in [0.4, 0.5) is 5.69 Å². The van der Waals surface area contributed by atoms with Gasteiger partial charge in [0.05, 0.1) is 5.69 Å². The van der Waals surface area contributed by atoms with Crippen LogP contribution in [-0.4, -0.2) is 18.4 Å². The minimum absolute atomic E-state index is 0.553. The third kappa shape index (κ3) is 9.95. The Balaban J connectivity index is 2.06. The van der Waals surface area contributed by atoms with Gasteiger partial charge in [-0.25, -0.2) is 0 Å². The van der Waals surface area contributed by atoms with E-state index in [9.17, 15) is 9.59 Å². The van der Waals surface area contributed by atoms with Crippen LogP contribution in [0, 0.1) is 6.92 Å². The minimum Gasteiger partial charge on any atom is -0.348 e. The average molecular weight is 425 g/mol. The monoisotopic (exact) mass is 424 g/mol. The number of halogens is 1. The maximum atomic E-state index is 11.9. The van der Waals surface area contributed by atoms with Crippen LogP contribution in [0.25, 0.3) is 0 Å². The molecule has 4 nitrogen and oxygen atoms in total. The second-order valence-electron chi connectivity index (χ2n) is 6.88. The molecule has 0 saturated carbocycles. The van der Waals surface area contributed by atoms with Gasteiger partial charge < -0.3 is 10.6 Å². The van der Waals surface area contributed by atoms with Crippen LogP contribution in [0.1, 0.15) is 76.7 Å². The molecule has 0 spiro atoms. The van der Waals surface area contributed by atoms with Crippen molar-refractivity contribution in [3.63, 3.8) is 0 Å². The summed E-state index contributed by atoms with van der Waals surface area (Å²) in [5.74, 6) is -1.20. The number of nitrogens with one attached hydrogen (secondary N) is 2. The van der Waals surface area contributed by atoms with E-state index in [2.05, 4.69) is 33.5 Å². The summed E-state index contributed by atoms with van der Waals surface area (Å²) in [5.41, 5.74) is 1.69. The van der Waals surface area contributed by atoms with Gasteiger partial charge in [0.25, 0.3) is 0 Å². The van der Waals surface area contributed by atoms with Crippen molar-refractivity contribution >= 4 is 33.4 Å². The zero-order chi connectivity index (χ0) is 19.2. The molecule has 0 radical (unpaired) electrons. The summed E-state index contributed by atoms with van der Waals surface area (Å²) in [6, 6.07) is 5.58. The predicted molar refractivity (Wildman–Crippen MR) is 112 cm³/mol. The van der Waals surface area contributed by atoms with Gasteiger partial charge in [-0.15, -0.1) is 0 Å². The van der Waals surface area contributed by atoms with Crippen LogP contribution in [0.5, 0.6) is 0 Å². The Morgan fingerprint density at radius 2 is 1.46 bits per heavy atom. The lowest BCUT2D eigenvalue weighted by Gasteiger charge is -2.08. The molecule has 0 fully saturated rings. The van der Waals surface area contributed by atoms with Crippen molar-refractivity contribution in [2.24, 2.45) is 0 Å². The van der Waals surface area contributed by atoms with Gasteiger partial charge in [-0.3, -0.25) is 9.59 Å². The van der Waals surface area contributed by atoms with E-state index in [-0.39, 0.29) is 0 Å². The van der Waals surface area contributed by atoms with Crippen LogP contribution in [0.3, 0.4) is 0 Å². The standard InChI is InChI=1S/C21H33BrN2O2/c1-3-4-5-6-7-8-9-10-11-12-15-23-20(25)21(26)24-19-14-13-17(2)16-18(19)22/h13-14,16H,3-12,15H2,1-2H3,(H,23,25)(H,24,26). The third-order valence-electron chi connectivity index (χ3n) is 4.39. The minimum atomic E-state index is -0.623. The predicted octanol–water partition coefficient (Wildman–Crippen LogP) is 5.73. The number of carbonyl (C=O) groups excluding carboxylic acids is 2. The van der Waals surface area contributed by atoms with Crippen LogP contribution in [-0.2, 0) is 9.59 Å². The first-order valence-electron chi connectivity index (χ1n) is 9.90. The molecule has 5 heteroatoms. The fraction of sp³-hybridized carbons (Fsp3) is 0.619. The number of amides is 2. The number of hydrogen-bond donors (Lipinski definition) is 2. The number of hydrogen-bond acceptors (Lipinski definition) is 2. The van der Waals surface area contributed by atoms with E-state index < -0.39 is 11.8 Å².